The smallest absolute Gasteiger partial charge is 0.264 e. The second kappa shape index (κ2) is 9.59. The van der Waals surface area contributed by atoms with Gasteiger partial charge in [0.15, 0.2) is 17.9 Å². The third-order valence-electron chi connectivity index (χ3n) is 11.7. The summed E-state index contributed by atoms with van der Waals surface area (Å²) < 4.78 is 60.5. The monoisotopic (exact) mass is 622 g/mol. The fraction of sp³-hybridized carbons (Fsp3) is 0.844. The van der Waals surface area contributed by atoms with Gasteiger partial charge in [-0.1, -0.05) is 20.4 Å². The minimum atomic E-state index is -3.46. The van der Waals surface area contributed by atoms with Crippen molar-refractivity contribution in [2.75, 3.05) is 26.1 Å². The van der Waals surface area contributed by atoms with E-state index in [-0.39, 0.29) is 35.6 Å². The van der Waals surface area contributed by atoms with Crippen LogP contribution in [0.2, 0.25) is 0 Å². The molecule has 3 saturated heterocycles. The van der Waals surface area contributed by atoms with E-state index in [0.717, 1.165) is 37.7 Å². The van der Waals surface area contributed by atoms with E-state index in [1.807, 2.05) is 13.8 Å². The van der Waals surface area contributed by atoms with Crippen molar-refractivity contribution in [1.82, 2.24) is 0 Å². The van der Waals surface area contributed by atoms with Gasteiger partial charge in [-0.3, -0.25) is 8.98 Å². The number of fused-ring (bicyclic) bond motifs is 2. The summed E-state index contributed by atoms with van der Waals surface area (Å²) in [6.07, 6.45) is 4.58. The zero-order valence-electron chi connectivity index (χ0n) is 26.0. The summed E-state index contributed by atoms with van der Waals surface area (Å²) in [4.78, 5) is 14.6. The SMILES string of the molecule is C=C1C(=O)C23C4OC(C)(C)OC25OCCC2(C6=C(CCC(OCCCCOS(C)(=O)=O)O6)CC(C)(C)C2C5O)C3CCC14. The number of unbranched alkanes of at least 4 members (excludes halogenated alkanes) is 1. The maximum absolute atomic E-state index is 14.6. The molecule has 4 aliphatic heterocycles. The van der Waals surface area contributed by atoms with Crippen molar-refractivity contribution in [3.05, 3.63) is 23.5 Å². The molecule has 0 radical (unpaired) electrons. The normalized spacial score (nSPS) is 45.6. The van der Waals surface area contributed by atoms with Crippen molar-refractivity contribution < 1.29 is 46.2 Å². The lowest BCUT2D eigenvalue weighted by Crippen LogP contribution is -2.82. The van der Waals surface area contributed by atoms with Crippen LogP contribution in [0.15, 0.2) is 23.5 Å². The predicted molar refractivity (Wildman–Crippen MR) is 154 cm³/mol. The average Bonchev–Trinajstić information content (AvgIpc) is 3.04. The molecular weight excluding hydrogens is 576 g/mol. The number of ketones is 1. The van der Waals surface area contributed by atoms with Crippen molar-refractivity contribution in [3.8, 4) is 0 Å². The Morgan fingerprint density at radius 3 is 2.58 bits per heavy atom. The van der Waals surface area contributed by atoms with Crippen molar-refractivity contribution >= 4 is 15.9 Å². The molecular formula is C32H46O10S. The molecule has 10 nitrogen and oxygen atoms in total. The van der Waals surface area contributed by atoms with Gasteiger partial charge in [0, 0.05) is 23.7 Å². The number of hydrogen-bond donors (Lipinski definition) is 1. The van der Waals surface area contributed by atoms with Gasteiger partial charge in [0.1, 0.15) is 17.3 Å². The molecule has 43 heavy (non-hydrogen) atoms. The summed E-state index contributed by atoms with van der Waals surface area (Å²) >= 11 is 0. The van der Waals surface area contributed by atoms with Crippen LogP contribution in [0, 0.1) is 34.0 Å². The Hall–Kier alpha value is -1.34. The van der Waals surface area contributed by atoms with Crippen LogP contribution in [-0.4, -0.2) is 75.5 Å². The highest BCUT2D eigenvalue weighted by Crippen LogP contribution is 2.79. The molecule has 4 heterocycles. The summed E-state index contributed by atoms with van der Waals surface area (Å²) in [7, 11) is -3.46. The van der Waals surface area contributed by atoms with Gasteiger partial charge in [0.05, 0.1) is 32.2 Å². The largest absolute Gasteiger partial charge is 0.469 e. The van der Waals surface area contributed by atoms with Gasteiger partial charge in [-0.2, -0.15) is 8.42 Å². The quantitative estimate of drug-likeness (QED) is 0.253. The highest BCUT2D eigenvalue weighted by Gasteiger charge is 2.88. The predicted octanol–water partition coefficient (Wildman–Crippen LogP) is 3.98. The molecule has 9 atom stereocenters. The Balaban J connectivity index is 1.28. The van der Waals surface area contributed by atoms with E-state index in [1.165, 1.54) is 5.57 Å². The third kappa shape index (κ3) is 3.97. The molecule has 4 bridgehead atoms. The van der Waals surface area contributed by atoms with Crippen molar-refractivity contribution in [2.45, 2.75) is 109 Å². The first-order valence-corrected chi connectivity index (χ1v) is 17.7. The van der Waals surface area contributed by atoms with Crippen LogP contribution in [0.3, 0.4) is 0 Å². The molecule has 0 amide bonds. The van der Waals surface area contributed by atoms with Crippen molar-refractivity contribution in [1.29, 1.82) is 0 Å². The first-order valence-electron chi connectivity index (χ1n) is 15.9. The van der Waals surface area contributed by atoms with E-state index >= 15 is 0 Å². The van der Waals surface area contributed by atoms with E-state index in [9.17, 15) is 18.3 Å². The summed E-state index contributed by atoms with van der Waals surface area (Å²) in [5.74, 6) is -2.47. The minimum Gasteiger partial charge on any atom is -0.469 e. The molecule has 8 rings (SSSR count). The molecule has 11 heteroatoms. The van der Waals surface area contributed by atoms with Crippen LogP contribution in [0.4, 0.5) is 0 Å². The van der Waals surface area contributed by atoms with Gasteiger partial charge in [-0.15, -0.1) is 0 Å². The standard InChI is InChI=1S/C32H46O10S/c1-18-20-10-11-21-30-13-16-38-32(31(21,24(18)33)27(20)41-29(4,5)42-32)25(34)23(30)28(2,3)17-19-9-12-22(40-26(19)30)37-14-7-8-15-39-43(6,35)36/h20-23,25,27,34H,1,7-17H2,2-6H3. The first-order chi connectivity index (χ1) is 20.1. The molecule has 240 valence electrons. The Morgan fingerprint density at radius 2 is 1.84 bits per heavy atom. The van der Waals surface area contributed by atoms with Crippen LogP contribution in [0.5, 0.6) is 0 Å². The highest BCUT2D eigenvalue weighted by atomic mass is 32.2. The molecule has 0 aromatic heterocycles. The summed E-state index contributed by atoms with van der Waals surface area (Å²) in [6.45, 7) is 13.3. The van der Waals surface area contributed by atoms with Gasteiger partial charge in [0.2, 0.25) is 5.79 Å². The number of hydrogen-bond acceptors (Lipinski definition) is 10. The average molecular weight is 623 g/mol. The molecule has 1 N–H and O–H groups in total. The highest BCUT2D eigenvalue weighted by molar-refractivity contribution is 7.85. The maximum Gasteiger partial charge on any atom is 0.264 e. The summed E-state index contributed by atoms with van der Waals surface area (Å²) in [5.41, 5.74) is -0.411. The number of allylic oxidation sites excluding steroid dienone is 2. The van der Waals surface area contributed by atoms with E-state index in [2.05, 4.69) is 20.4 Å². The van der Waals surface area contributed by atoms with Crippen LogP contribution in [-0.2, 0) is 42.8 Å². The number of aliphatic hydroxyl groups excluding tert-OH is 1. The second-order valence-electron chi connectivity index (χ2n) is 15.0. The lowest BCUT2D eigenvalue weighted by atomic mass is 9.37. The fourth-order valence-electron chi connectivity index (χ4n) is 10.7. The van der Waals surface area contributed by atoms with Crippen LogP contribution < -0.4 is 0 Å². The molecule has 9 unspecified atom stereocenters. The zero-order chi connectivity index (χ0) is 30.8. The molecule has 8 aliphatic rings. The lowest BCUT2D eigenvalue weighted by molar-refractivity contribution is -0.487. The van der Waals surface area contributed by atoms with Crippen LogP contribution in [0.1, 0.15) is 79.1 Å². The van der Waals surface area contributed by atoms with Crippen LogP contribution >= 0.6 is 0 Å². The third-order valence-corrected chi connectivity index (χ3v) is 12.3. The Bertz CT molecular complexity index is 1370. The molecule has 0 aromatic rings. The molecule has 3 saturated carbocycles. The molecule has 0 aromatic carbocycles. The number of carbonyl (C=O) groups excluding carboxylic acids is 1. The molecule has 4 aliphatic carbocycles. The number of ether oxygens (including phenoxy) is 5. The Labute approximate surface area is 254 Å². The number of rotatable bonds is 7. The van der Waals surface area contributed by atoms with Gasteiger partial charge in [-0.25, -0.2) is 0 Å². The number of aliphatic hydroxyl groups is 1. The Morgan fingerprint density at radius 1 is 1.09 bits per heavy atom. The Kier molecular flexibility index (Phi) is 6.76. The molecule has 3 spiro atoms. The van der Waals surface area contributed by atoms with E-state index in [1.54, 1.807) is 0 Å². The fourth-order valence-corrected chi connectivity index (χ4v) is 11.1. The summed E-state index contributed by atoms with van der Waals surface area (Å²) in [6, 6.07) is 0. The van der Waals surface area contributed by atoms with Crippen LogP contribution in [0.25, 0.3) is 0 Å². The number of carbonyl (C=O) groups is 1. The second-order valence-corrected chi connectivity index (χ2v) is 16.7. The van der Waals surface area contributed by atoms with Gasteiger partial charge >= 0.3 is 0 Å². The summed E-state index contributed by atoms with van der Waals surface area (Å²) in [5, 5.41) is 12.7. The van der Waals surface area contributed by atoms with Gasteiger partial charge in [-0.05, 0) is 81.3 Å². The van der Waals surface area contributed by atoms with Crippen molar-refractivity contribution in [3.63, 3.8) is 0 Å². The number of Topliss-reactive ketones (excluding diaryl/α,β-unsaturated/α-hetero) is 1. The van der Waals surface area contributed by atoms with Crippen molar-refractivity contribution in [2.24, 2.45) is 34.0 Å². The zero-order valence-corrected chi connectivity index (χ0v) is 26.8. The van der Waals surface area contributed by atoms with E-state index in [0.29, 0.717) is 44.5 Å². The van der Waals surface area contributed by atoms with E-state index in [4.69, 9.17) is 27.9 Å². The topological polar surface area (TPSA) is 127 Å². The minimum absolute atomic E-state index is 0.0928. The van der Waals surface area contributed by atoms with Gasteiger partial charge in [0.25, 0.3) is 10.1 Å². The lowest BCUT2D eigenvalue weighted by Gasteiger charge is -2.72. The molecule has 6 fully saturated rings. The van der Waals surface area contributed by atoms with Gasteiger partial charge < -0.3 is 28.8 Å². The first kappa shape index (κ1) is 30.3. The maximum atomic E-state index is 14.6. The van der Waals surface area contributed by atoms with E-state index < -0.39 is 51.0 Å².